The molecule has 0 aromatic rings. The van der Waals surface area contributed by atoms with E-state index in [0.717, 1.165) is 12.8 Å². The van der Waals surface area contributed by atoms with Gasteiger partial charge in [-0.1, -0.05) is 6.92 Å². The maximum absolute atomic E-state index is 10.8. The highest BCUT2D eigenvalue weighted by atomic mass is 16.4. The minimum Gasteiger partial charge on any atom is -0.465 e. The maximum atomic E-state index is 10.8. The maximum Gasteiger partial charge on any atom is 0.407 e. The van der Waals surface area contributed by atoms with Gasteiger partial charge in [0.25, 0.3) is 0 Å². The number of rotatable bonds is 0. The van der Waals surface area contributed by atoms with Gasteiger partial charge in [0.2, 0.25) is 0 Å². The molecular formula is C9H16N2O2. The Kier molecular flexibility index (Phi) is 1.77. The molecule has 1 aliphatic heterocycles. The molecule has 74 valence electrons. The lowest BCUT2D eigenvalue weighted by atomic mass is 9.83. The Labute approximate surface area is 77.7 Å². The second-order valence-electron chi connectivity index (χ2n) is 4.71. The average Bonchev–Trinajstić information content (AvgIpc) is 2.38. The van der Waals surface area contributed by atoms with Crippen LogP contribution in [0.25, 0.3) is 0 Å². The molecule has 2 rings (SSSR count). The van der Waals surface area contributed by atoms with Crippen LogP contribution < -0.4 is 5.73 Å². The fourth-order valence-corrected chi connectivity index (χ4v) is 2.90. The summed E-state index contributed by atoms with van der Waals surface area (Å²) in [6.45, 7) is 3.51. The largest absolute Gasteiger partial charge is 0.465 e. The number of hydrogen-bond donors (Lipinski definition) is 2. The van der Waals surface area contributed by atoms with Gasteiger partial charge in [-0.25, -0.2) is 4.79 Å². The zero-order valence-corrected chi connectivity index (χ0v) is 7.86. The van der Waals surface area contributed by atoms with Crippen molar-refractivity contribution in [2.24, 2.45) is 17.1 Å². The van der Waals surface area contributed by atoms with Crippen LogP contribution in [-0.4, -0.2) is 35.2 Å². The first-order chi connectivity index (χ1) is 6.01. The highest BCUT2D eigenvalue weighted by molar-refractivity contribution is 5.65. The smallest absolute Gasteiger partial charge is 0.407 e. The summed E-state index contributed by atoms with van der Waals surface area (Å²) in [5.41, 5.74) is 6.02. The normalized spacial score (nSPS) is 43.7. The molecule has 1 saturated carbocycles. The van der Waals surface area contributed by atoms with E-state index in [1.165, 1.54) is 4.90 Å². The van der Waals surface area contributed by atoms with Gasteiger partial charge in [0.05, 0.1) is 0 Å². The third kappa shape index (κ3) is 1.29. The van der Waals surface area contributed by atoms with Crippen molar-refractivity contribution in [2.75, 3.05) is 13.1 Å². The Bertz CT molecular complexity index is 244. The first kappa shape index (κ1) is 8.81. The number of carbonyl (C=O) groups is 1. The Morgan fingerprint density at radius 1 is 1.69 bits per heavy atom. The van der Waals surface area contributed by atoms with Crippen molar-refractivity contribution < 1.29 is 9.90 Å². The average molecular weight is 184 g/mol. The van der Waals surface area contributed by atoms with E-state index < -0.39 is 6.09 Å². The number of nitrogens with zero attached hydrogens (tertiary/aromatic N) is 1. The molecule has 1 saturated heterocycles. The summed E-state index contributed by atoms with van der Waals surface area (Å²) in [5.74, 6) is 0.485. The number of likely N-dealkylation sites (tertiary alicyclic amines) is 1. The first-order valence-electron chi connectivity index (χ1n) is 4.75. The van der Waals surface area contributed by atoms with Crippen molar-refractivity contribution in [3.63, 3.8) is 0 Å². The van der Waals surface area contributed by atoms with Crippen LogP contribution in [0.3, 0.4) is 0 Å². The molecule has 13 heavy (non-hydrogen) atoms. The molecule has 0 unspecified atom stereocenters. The summed E-state index contributed by atoms with van der Waals surface area (Å²) in [6, 6.07) is 0.283. The molecule has 1 amide bonds. The number of carboxylic acid groups (broad SMARTS) is 1. The Hall–Kier alpha value is -0.770. The van der Waals surface area contributed by atoms with E-state index in [1.54, 1.807) is 0 Å². The molecule has 0 aromatic carbocycles. The van der Waals surface area contributed by atoms with Crippen LogP contribution in [0.4, 0.5) is 4.79 Å². The predicted molar refractivity (Wildman–Crippen MR) is 48.4 cm³/mol. The molecule has 0 radical (unpaired) electrons. The number of hydrogen-bond acceptors (Lipinski definition) is 2. The second kappa shape index (κ2) is 2.61. The van der Waals surface area contributed by atoms with Crippen molar-refractivity contribution in [1.82, 2.24) is 4.90 Å². The number of amides is 1. The van der Waals surface area contributed by atoms with E-state index in [1.807, 2.05) is 0 Å². The van der Waals surface area contributed by atoms with Crippen molar-refractivity contribution in [2.45, 2.75) is 25.8 Å². The van der Waals surface area contributed by atoms with E-state index >= 15 is 0 Å². The van der Waals surface area contributed by atoms with Crippen molar-refractivity contribution >= 4 is 6.09 Å². The van der Waals surface area contributed by atoms with Crippen molar-refractivity contribution in [3.05, 3.63) is 0 Å². The molecule has 4 heteroatoms. The summed E-state index contributed by atoms with van der Waals surface area (Å²) < 4.78 is 0. The Morgan fingerprint density at radius 3 is 2.92 bits per heavy atom. The SMILES string of the molecule is C[C@]12C[C@H](N)C[C@H]1CN(C(=O)O)C2. The molecule has 1 heterocycles. The quantitative estimate of drug-likeness (QED) is 0.583. The lowest BCUT2D eigenvalue weighted by molar-refractivity contribution is 0.148. The monoisotopic (exact) mass is 184 g/mol. The fraction of sp³-hybridized carbons (Fsp3) is 0.889. The van der Waals surface area contributed by atoms with Gasteiger partial charge in [0.1, 0.15) is 0 Å². The van der Waals surface area contributed by atoms with Crippen LogP contribution in [0.1, 0.15) is 19.8 Å². The molecular weight excluding hydrogens is 168 g/mol. The highest BCUT2D eigenvalue weighted by Gasteiger charge is 2.49. The van der Waals surface area contributed by atoms with Gasteiger partial charge < -0.3 is 15.7 Å². The fourth-order valence-electron chi connectivity index (χ4n) is 2.90. The van der Waals surface area contributed by atoms with Gasteiger partial charge in [-0.15, -0.1) is 0 Å². The number of fused-ring (bicyclic) bond motifs is 1. The van der Waals surface area contributed by atoms with E-state index in [0.29, 0.717) is 19.0 Å². The minimum absolute atomic E-state index is 0.151. The van der Waals surface area contributed by atoms with Crippen LogP contribution in [0.5, 0.6) is 0 Å². The predicted octanol–water partition coefficient (Wildman–Crippen LogP) is 0.724. The zero-order chi connectivity index (χ0) is 9.64. The molecule has 2 fully saturated rings. The molecule has 3 N–H and O–H groups in total. The standard InChI is InChI=1S/C9H16N2O2/c1-9-3-7(10)2-6(9)4-11(5-9)8(12)13/h6-7H,2-5,10H2,1H3,(H,12,13)/t6-,7+,9+/m0/s1. The Morgan fingerprint density at radius 2 is 2.38 bits per heavy atom. The molecule has 0 spiro atoms. The van der Waals surface area contributed by atoms with Gasteiger partial charge in [0.15, 0.2) is 0 Å². The van der Waals surface area contributed by atoms with Crippen LogP contribution >= 0.6 is 0 Å². The van der Waals surface area contributed by atoms with Gasteiger partial charge in [-0.2, -0.15) is 0 Å². The van der Waals surface area contributed by atoms with Crippen LogP contribution in [0.15, 0.2) is 0 Å². The van der Waals surface area contributed by atoms with E-state index in [9.17, 15) is 4.79 Å². The topological polar surface area (TPSA) is 66.6 Å². The van der Waals surface area contributed by atoms with Gasteiger partial charge >= 0.3 is 6.09 Å². The summed E-state index contributed by atoms with van der Waals surface area (Å²) in [6.07, 6.45) is 1.17. The molecule has 1 aliphatic carbocycles. The molecule has 0 bridgehead atoms. The lowest BCUT2D eigenvalue weighted by Crippen LogP contribution is -2.31. The third-order valence-electron chi connectivity index (χ3n) is 3.56. The zero-order valence-electron chi connectivity index (χ0n) is 7.86. The highest BCUT2D eigenvalue weighted by Crippen LogP contribution is 2.47. The summed E-state index contributed by atoms with van der Waals surface area (Å²) in [7, 11) is 0. The van der Waals surface area contributed by atoms with E-state index in [-0.39, 0.29) is 11.5 Å². The summed E-state index contributed by atoms with van der Waals surface area (Å²) >= 11 is 0. The Balaban J connectivity index is 2.10. The van der Waals surface area contributed by atoms with Crippen LogP contribution in [0, 0.1) is 11.3 Å². The summed E-state index contributed by atoms with van der Waals surface area (Å²) in [5, 5.41) is 8.84. The molecule has 3 atom stereocenters. The minimum atomic E-state index is -0.788. The molecule has 2 aliphatic rings. The summed E-state index contributed by atoms with van der Waals surface area (Å²) in [4.78, 5) is 12.3. The van der Waals surface area contributed by atoms with Gasteiger partial charge in [-0.05, 0) is 24.2 Å². The lowest BCUT2D eigenvalue weighted by Gasteiger charge is -2.22. The van der Waals surface area contributed by atoms with E-state index in [4.69, 9.17) is 10.8 Å². The molecule has 4 nitrogen and oxygen atoms in total. The van der Waals surface area contributed by atoms with Crippen LogP contribution in [-0.2, 0) is 0 Å². The van der Waals surface area contributed by atoms with Crippen molar-refractivity contribution in [3.8, 4) is 0 Å². The van der Waals surface area contributed by atoms with Crippen molar-refractivity contribution in [1.29, 1.82) is 0 Å². The van der Waals surface area contributed by atoms with Gasteiger partial charge in [-0.3, -0.25) is 0 Å². The first-order valence-corrected chi connectivity index (χ1v) is 4.75. The van der Waals surface area contributed by atoms with Gasteiger partial charge in [0, 0.05) is 19.1 Å². The van der Waals surface area contributed by atoms with E-state index in [2.05, 4.69) is 6.92 Å². The number of nitrogens with two attached hydrogens (primary N) is 1. The second-order valence-corrected chi connectivity index (χ2v) is 4.71. The van der Waals surface area contributed by atoms with Crippen LogP contribution in [0.2, 0.25) is 0 Å². The molecule has 0 aromatic heterocycles. The third-order valence-corrected chi connectivity index (χ3v) is 3.56.